The van der Waals surface area contributed by atoms with Crippen molar-refractivity contribution in [3.63, 3.8) is 0 Å². The van der Waals surface area contributed by atoms with Gasteiger partial charge in [0, 0.05) is 95.3 Å². The van der Waals surface area contributed by atoms with E-state index in [2.05, 4.69) is 54.0 Å². The molecule has 2 aromatic rings. The van der Waals surface area contributed by atoms with Crippen LogP contribution in [0.3, 0.4) is 0 Å². The summed E-state index contributed by atoms with van der Waals surface area (Å²) in [6.07, 6.45) is 8.55. The van der Waals surface area contributed by atoms with Gasteiger partial charge in [-0.15, -0.1) is 6.58 Å². The van der Waals surface area contributed by atoms with Gasteiger partial charge in [-0.25, -0.2) is 4.79 Å². The molecule has 2 heterocycles. The van der Waals surface area contributed by atoms with Gasteiger partial charge >= 0.3 is 12.3 Å². The molecule has 16 heteroatoms. The van der Waals surface area contributed by atoms with Crippen LogP contribution in [0.5, 0.6) is 0 Å². The molecular formula is C46H68Cl2F3N6O5-. The zero-order chi connectivity index (χ0) is 45.7. The van der Waals surface area contributed by atoms with Crippen molar-refractivity contribution in [2.75, 3.05) is 39.3 Å². The summed E-state index contributed by atoms with van der Waals surface area (Å²) in [5.41, 5.74) is 7.36. The Hall–Kier alpha value is -3.24. The molecule has 2 aliphatic carbocycles. The summed E-state index contributed by atoms with van der Waals surface area (Å²) in [7, 11) is 8.22. The molecule has 2 aromatic carbocycles. The first kappa shape index (κ1) is 53.1. The number of nitrogens with one attached hydrogen (secondary N) is 3. The molecule has 1 amide bonds. The summed E-state index contributed by atoms with van der Waals surface area (Å²) in [5.74, 6) is -1.59. The second-order valence-electron chi connectivity index (χ2n) is 17.6. The third kappa shape index (κ3) is 20.1. The fraction of sp³-hybridized carbons (Fsp3) is 0.630. The number of alkyl halides is 3. The first-order chi connectivity index (χ1) is 29.5. The summed E-state index contributed by atoms with van der Waals surface area (Å²) in [6.45, 7) is 12.7. The average molecular weight is 913 g/mol. The molecule has 2 saturated heterocycles. The molecule has 62 heavy (non-hydrogen) atoms. The number of halogens is 5. The number of hydrogen-bond acceptors (Lipinski definition) is 10. The lowest BCUT2D eigenvalue weighted by atomic mass is 9.89. The lowest BCUT2D eigenvalue weighted by Crippen LogP contribution is -2.56. The number of alkyl carbamates (subject to hydrolysis) is 1. The Morgan fingerprint density at radius 1 is 0.694 bits per heavy atom. The van der Waals surface area contributed by atoms with E-state index in [1.54, 1.807) is 0 Å². The quantitative estimate of drug-likeness (QED) is 0.130. The molecule has 348 valence electrons. The van der Waals surface area contributed by atoms with Crippen LogP contribution in [0.1, 0.15) is 119 Å². The molecule has 2 aliphatic heterocycles. The molecule has 6 rings (SSSR count). The third-order valence-electron chi connectivity index (χ3n) is 11.6. The van der Waals surface area contributed by atoms with E-state index in [9.17, 15) is 32.7 Å². The lowest BCUT2D eigenvalue weighted by molar-refractivity contribution is -0.359. The number of Topliss-reactive ketones (excluding diaryl/α,β-unsaturated/α-hetero) is 2. The predicted octanol–water partition coefficient (Wildman–Crippen LogP) is 7.75. The molecule has 11 nitrogen and oxygen atoms in total. The molecule has 4 atom stereocenters. The van der Waals surface area contributed by atoms with E-state index in [1.807, 2.05) is 81.4 Å². The topological polar surface area (TPSA) is 152 Å². The average Bonchev–Trinajstić information content (AvgIpc) is 3.24. The number of carbonyl (C=O) groups excluding carboxylic acids is 3. The Morgan fingerprint density at radius 2 is 1.06 bits per heavy atom. The zero-order valence-electron chi connectivity index (χ0n) is 36.6. The molecular weight excluding hydrogens is 844 g/mol. The fourth-order valence-corrected chi connectivity index (χ4v) is 8.29. The van der Waals surface area contributed by atoms with Crippen LogP contribution >= 0.6 is 21.7 Å². The number of piperidine rings is 2. The monoisotopic (exact) mass is 911 g/mol. The van der Waals surface area contributed by atoms with E-state index in [0.717, 1.165) is 88.7 Å². The van der Waals surface area contributed by atoms with Crippen molar-refractivity contribution in [1.82, 2.24) is 25.8 Å². The number of hydrogen-bond donors (Lipinski definition) is 4. The maximum Gasteiger partial charge on any atom is 0.407 e. The van der Waals surface area contributed by atoms with Crippen LogP contribution < -0.4 is 26.8 Å². The number of carbonyl (C=O) groups is 3. The smallest absolute Gasteiger partial charge is 0.407 e. The Morgan fingerprint density at radius 3 is 1.45 bits per heavy atom. The molecule has 5 N–H and O–H groups in total. The minimum atomic E-state index is -4.75. The number of nitrogens with zero attached hydrogens (tertiary/aromatic N) is 2. The number of amides is 1. The summed E-state index contributed by atoms with van der Waals surface area (Å²) in [6, 6.07) is 21.3. The highest BCUT2D eigenvalue weighted by atomic mass is 36.5. The van der Waals surface area contributed by atoms with Crippen molar-refractivity contribution in [1.29, 1.82) is 0 Å². The first-order valence-electron chi connectivity index (χ1n) is 21.9. The predicted molar refractivity (Wildman–Crippen MR) is 239 cm³/mol. The molecule has 0 aromatic heterocycles. The molecule has 0 unspecified atom stereocenters. The van der Waals surface area contributed by atoms with Crippen LogP contribution in [0.4, 0.5) is 18.0 Å². The van der Waals surface area contributed by atoms with Gasteiger partial charge in [0.2, 0.25) is 0 Å². The van der Waals surface area contributed by atoms with Gasteiger partial charge in [0.1, 0.15) is 5.60 Å². The molecule has 4 aliphatic rings. The maximum atomic E-state index is 12.4. The number of ketones is 2. The number of rotatable bonds is 11. The highest BCUT2D eigenvalue weighted by Crippen LogP contribution is 2.23. The lowest BCUT2D eigenvalue weighted by Gasteiger charge is -2.39. The van der Waals surface area contributed by atoms with Crippen LogP contribution in [0, 0.1) is 0 Å². The molecule has 0 spiro atoms. The number of nitrogens with two attached hydrogens (primary N) is 1. The Kier molecular flexibility index (Phi) is 23.3. The van der Waals surface area contributed by atoms with Gasteiger partial charge in [0.25, 0.3) is 0 Å². The highest BCUT2D eigenvalue weighted by Gasteiger charge is 2.32. The second kappa shape index (κ2) is 27.2. The summed E-state index contributed by atoms with van der Waals surface area (Å²) in [5, 5.41) is 19.9. The van der Waals surface area contributed by atoms with Crippen molar-refractivity contribution in [3.05, 3.63) is 84.1 Å². The number of likely N-dealkylation sites (tertiary alicyclic amines) is 2. The van der Waals surface area contributed by atoms with Crippen LogP contribution in [0.2, 0.25) is 0 Å². The maximum absolute atomic E-state index is 12.4. The zero-order valence-corrected chi connectivity index (χ0v) is 38.1. The second-order valence-corrected chi connectivity index (χ2v) is 17.6. The van der Waals surface area contributed by atoms with E-state index in [1.165, 1.54) is 25.7 Å². The van der Waals surface area contributed by atoms with Crippen LogP contribution in [0.25, 0.3) is 0 Å². The number of ether oxygens (including phenoxy) is 1. The van der Waals surface area contributed by atoms with Crippen molar-refractivity contribution >= 4 is 39.4 Å². The highest BCUT2D eigenvalue weighted by molar-refractivity contribution is 6.85. The van der Waals surface area contributed by atoms with Crippen LogP contribution in [-0.4, -0.2) is 115 Å². The standard InChI is InChI=1S/C24H37N3O3.C19H29N3O.C3H3F3O.Cl2/c1-24(2,3)30-23(29)26-21-12-8-7-11-20(21)25-19-13-15-27(16-14-19)17-22(28)18-9-5-4-6-10-18;20-17-8-4-5-9-18(17)21-16-10-12-22(13-11-16)14-19(23)15-6-2-1-3-7-15;1-2(7)3(4,5)6;1-2/h4-6,9-10,19-21,25H,7-8,11-17H2,1-3H3,(H,26,29);1-3,6-7,16-18,21H,4-5,8-14,20H2;7H,1H2;/p-1/t20-,21+;17-,18+;;/m01../s1. The van der Waals surface area contributed by atoms with Gasteiger partial charge in [0.05, 0.1) is 13.1 Å². The van der Waals surface area contributed by atoms with Gasteiger partial charge in [-0.1, -0.05) is 86.3 Å². The van der Waals surface area contributed by atoms with Crippen molar-refractivity contribution in [2.45, 2.75) is 146 Å². The van der Waals surface area contributed by atoms with Gasteiger partial charge in [-0.2, -0.15) is 13.2 Å². The van der Waals surface area contributed by atoms with Gasteiger partial charge in [0.15, 0.2) is 11.6 Å². The summed E-state index contributed by atoms with van der Waals surface area (Å²) in [4.78, 5) is 41.5. The normalized spacial score (nSPS) is 22.9. The minimum absolute atomic E-state index is 0.117. The SMILES string of the molecule is C=C([O-])C(F)(F)F.CC(C)(C)OC(=O)N[C@@H]1CCCC[C@@H]1NC1CCN(CC(=O)c2ccccc2)CC1.ClCl.N[C@@H]1CCCC[C@@H]1NC1CCN(CC(=O)c2ccccc2)CC1. The first-order valence-corrected chi connectivity index (χ1v) is 23.1. The molecule has 2 saturated carbocycles. The van der Waals surface area contributed by atoms with E-state index < -0.39 is 17.5 Å². The third-order valence-corrected chi connectivity index (χ3v) is 11.6. The van der Waals surface area contributed by atoms with E-state index in [0.29, 0.717) is 37.3 Å². The van der Waals surface area contributed by atoms with E-state index >= 15 is 0 Å². The van der Waals surface area contributed by atoms with Crippen molar-refractivity contribution < 1.29 is 37.4 Å². The molecule has 0 bridgehead atoms. The van der Waals surface area contributed by atoms with E-state index in [4.69, 9.17) is 10.5 Å². The fourth-order valence-electron chi connectivity index (χ4n) is 8.29. The Balaban J connectivity index is 0.000000283. The summed E-state index contributed by atoms with van der Waals surface area (Å²) < 4.78 is 37.7. The summed E-state index contributed by atoms with van der Waals surface area (Å²) >= 11 is 0. The Labute approximate surface area is 376 Å². The van der Waals surface area contributed by atoms with Gasteiger partial charge < -0.3 is 31.5 Å². The van der Waals surface area contributed by atoms with Crippen LogP contribution in [-0.2, 0) is 4.74 Å². The van der Waals surface area contributed by atoms with E-state index in [-0.39, 0.29) is 29.7 Å². The van der Waals surface area contributed by atoms with Crippen molar-refractivity contribution in [3.8, 4) is 0 Å². The van der Waals surface area contributed by atoms with Crippen molar-refractivity contribution in [2.24, 2.45) is 5.73 Å². The van der Waals surface area contributed by atoms with Gasteiger partial charge in [-0.05, 0) is 77.9 Å². The van der Waals surface area contributed by atoms with Crippen LogP contribution in [0.15, 0.2) is 73.0 Å². The largest absolute Gasteiger partial charge is 0.870 e. The molecule has 0 radical (unpaired) electrons. The Bertz CT molecular complexity index is 1620. The number of benzene rings is 2. The molecule has 4 fully saturated rings. The van der Waals surface area contributed by atoms with Gasteiger partial charge in [-0.3, -0.25) is 19.4 Å². The number of allylic oxidation sites excluding steroid dienone is 1. The minimum Gasteiger partial charge on any atom is -0.870 e.